The van der Waals surface area contributed by atoms with E-state index in [1.807, 2.05) is 30.3 Å². The molecule has 0 aromatic heterocycles. The molecule has 3 unspecified atom stereocenters. The summed E-state index contributed by atoms with van der Waals surface area (Å²) in [5, 5.41) is 0. The Morgan fingerprint density at radius 3 is 2.46 bits per heavy atom. The number of piperazine rings is 1. The number of carbonyl (C=O) groups is 3. The Labute approximate surface area is 216 Å². The largest absolute Gasteiger partial charge is 0.445 e. The molecule has 5 rings (SSSR count). The maximum Gasteiger partial charge on any atom is 0.410 e. The molecule has 2 heterocycles. The second kappa shape index (κ2) is 11.3. The van der Waals surface area contributed by atoms with Crippen LogP contribution in [0.15, 0.2) is 48.5 Å². The van der Waals surface area contributed by atoms with Gasteiger partial charge in [0.2, 0.25) is 5.91 Å². The number of hydrogen-bond acceptors (Lipinski definition) is 5. The third-order valence-electron chi connectivity index (χ3n) is 7.80. The highest BCUT2D eigenvalue weighted by atomic mass is 19.1. The number of carbonyl (C=O) groups excluding carboxylic acids is 3. The van der Waals surface area contributed by atoms with E-state index in [4.69, 9.17) is 4.74 Å². The van der Waals surface area contributed by atoms with Crippen molar-refractivity contribution in [1.29, 1.82) is 0 Å². The molecule has 9 heteroatoms. The summed E-state index contributed by atoms with van der Waals surface area (Å²) >= 11 is 0. The Balaban J connectivity index is 1.17. The fourth-order valence-electron chi connectivity index (χ4n) is 5.72. The van der Waals surface area contributed by atoms with Crippen molar-refractivity contribution in [3.8, 4) is 0 Å². The van der Waals surface area contributed by atoms with Crippen LogP contribution in [0.3, 0.4) is 0 Å². The zero-order valence-corrected chi connectivity index (χ0v) is 20.8. The summed E-state index contributed by atoms with van der Waals surface area (Å²) in [5.41, 5.74) is 7.74. The number of amides is 3. The van der Waals surface area contributed by atoms with Gasteiger partial charge < -0.3 is 14.5 Å². The standard InChI is InChI=1S/C28H33FN4O4/c29-24-11-10-20(17-25-21-8-4-5-9-22(21)26(34)31-30-25)16-23(24)27(35)32-12-14-33(15-13-32)28(36)37-18-19-6-2-1-3-7-19/h1-3,6-7,10-11,16,21-22,25,30H,4-5,8-9,12-15,17-18H2,(H,31,34). The lowest BCUT2D eigenvalue weighted by Crippen LogP contribution is -2.60. The first-order valence-electron chi connectivity index (χ1n) is 13.1. The van der Waals surface area contributed by atoms with Crippen LogP contribution in [0.25, 0.3) is 0 Å². The summed E-state index contributed by atoms with van der Waals surface area (Å²) in [6.45, 7) is 1.47. The predicted molar refractivity (Wildman–Crippen MR) is 135 cm³/mol. The molecule has 1 saturated carbocycles. The van der Waals surface area contributed by atoms with Gasteiger partial charge in [-0.3, -0.25) is 15.0 Å². The van der Waals surface area contributed by atoms with Gasteiger partial charge in [0.1, 0.15) is 12.4 Å². The molecule has 2 aromatic carbocycles. The van der Waals surface area contributed by atoms with Crippen LogP contribution in [0.1, 0.15) is 47.2 Å². The minimum absolute atomic E-state index is 0.0113. The van der Waals surface area contributed by atoms with E-state index in [0.29, 0.717) is 32.6 Å². The quantitative estimate of drug-likeness (QED) is 0.647. The van der Waals surface area contributed by atoms with Crippen LogP contribution < -0.4 is 10.9 Å². The second-order valence-corrected chi connectivity index (χ2v) is 10.1. The number of ether oxygens (including phenoxy) is 1. The van der Waals surface area contributed by atoms with Crippen LogP contribution in [-0.2, 0) is 22.6 Å². The Hall–Kier alpha value is -3.46. The maximum absolute atomic E-state index is 14.7. The number of hydrazine groups is 1. The molecule has 196 valence electrons. The van der Waals surface area contributed by atoms with Crippen molar-refractivity contribution in [2.45, 2.75) is 44.8 Å². The Morgan fingerprint density at radius 1 is 0.946 bits per heavy atom. The molecule has 3 atom stereocenters. The summed E-state index contributed by atoms with van der Waals surface area (Å²) in [7, 11) is 0. The first kappa shape index (κ1) is 25.2. The van der Waals surface area contributed by atoms with E-state index in [9.17, 15) is 18.8 Å². The van der Waals surface area contributed by atoms with Crippen molar-refractivity contribution in [3.63, 3.8) is 0 Å². The summed E-state index contributed by atoms with van der Waals surface area (Å²) < 4.78 is 20.1. The zero-order chi connectivity index (χ0) is 25.8. The molecule has 3 amide bonds. The maximum atomic E-state index is 14.7. The van der Waals surface area contributed by atoms with Crippen LogP contribution in [0, 0.1) is 17.7 Å². The Morgan fingerprint density at radius 2 is 1.68 bits per heavy atom. The van der Waals surface area contributed by atoms with Crippen molar-refractivity contribution in [2.75, 3.05) is 26.2 Å². The minimum atomic E-state index is -0.557. The summed E-state index contributed by atoms with van der Waals surface area (Å²) in [6, 6.07) is 14.2. The average Bonchev–Trinajstić information content (AvgIpc) is 2.94. The van der Waals surface area contributed by atoms with Crippen molar-refractivity contribution in [1.82, 2.24) is 20.7 Å². The lowest BCUT2D eigenvalue weighted by molar-refractivity contribution is -0.133. The molecule has 0 radical (unpaired) electrons. The Bertz CT molecular complexity index is 1140. The van der Waals surface area contributed by atoms with Gasteiger partial charge in [0.05, 0.1) is 5.56 Å². The van der Waals surface area contributed by atoms with Crippen molar-refractivity contribution in [3.05, 3.63) is 71.0 Å². The minimum Gasteiger partial charge on any atom is -0.445 e. The number of rotatable bonds is 5. The third kappa shape index (κ3) is 5.77. The van der Waals surface area contributed by atoms with Gasteiger partial charge >= 0.3 is 6.09 Å². The van der Waals surface area contributed by atoms with Crippen LogP contribution in [-0.4, -0.2) is 59.9 Å². The van der Waals surface area contributed by atoms with E-state index in [0.717, 1.165) is 36.8 Å². The summed E-state index contributed by atoms with van der Waals surface area (Å²) in [6.07, 6.45) is 4.23. The molecule has 37 heavy (non-hydrogen) atoms. The second-order valence-electron chi connectivity index (χ2n) is 10.1. The van der Waals surface area contributed by atoms with Gasteiger partial charge in [0, 0.05) is 38.1 Å². The lowest BCUT2D eigenvalue weighted by Gasteiger charge is -2.41. The molecule has 3 fully saturated rings. The molecule has 0 spiro atoms. The van der Waals surface area contributed by atoms with Crippen molar-refractivity contribution >= 4 is 17.9 Å². The van der Waals surface area contributed by atoms with E-state index in [2.05, 4.69) is 10.9 Å². The summed E-state index contributed by atoms with van der Waals surface area (Å²) in [4.78, 5) is 41.0. The molecule has 0 bridgehead atoms. The smallest absolute Gasteiger partial charge is 0.410 e. The first-order valence-corrected chi connectivity index (χ1v) is 13.1. The zero-order valence-electron chi connectivity index (χ0n) is 20.8. The summed E-state index contributed by atoms with van der Waals surface area (Å²) in [5.74, 6) is -0.631. The highest BCUT2D eigenvalue weighted by Gasteiger charge is 2.40. The Kier molecular flexibility index (Phi) is 7.69. The molecule has 8 nitrogen and oxygen atoms in total. The molecular formula is C28H33FN4O4. The van der Waals surface area contributed by atoms with Crippen LogP contribution in [0.2, 0.25) is 0 Å². The van der Waals surface area contributed by atoms with Gasteiger partial charge in [-0.25, -0.2) is 14.6 Å². The number of benzene rings is 2. The van der Waals surface area contributed by atoms with Gasteiger partial charge in [0.25, 0.3) is 5.91 Å². The highest BCUT2D eigenvalue weighted by Crippen LogP contribution is 2.35. The molecule has 2 saturated heterocycles. The van der Waals surface area contributed by atoms with Gasteiger partial charge in [0.15, 0.2) is 0 Å². The fourth-order valence-corrected chi connectivity index (χ4v) is 5.72. The van der Waals surface area contributed by atoms with E-state index in [1.165, 1.54) is 6.07 Å². The van der Waals surface area contributed by atoms with Crippen LogP contribution in [0.4, 0.5) is 9.18 Å². The van der Waals surface area contributed by atoms with E-state index >= 15 is 0 Å². The molecule has 2 aromatic rings. The number of nitrogens with zero attached hydrogens (tertiary/aromatic N) is 2. The van der Waals surface area contributed by atoms with Gasteiger partial charge in [-0.1, -0.05) is 49.2 Å². The number of halogens is 1. The third-order valence-corrected chi connectivity index (χ3v) is 7.80. The van der Waals surface area contributed by atoms with Gasteiger partial charge in [-0.15, -0.1) is 0 Å². The normalized spacial score (nSPS) is 23.7. The fraction of sp³-hybridized carbons (Fsp3) is 0.464. The van der Waals surface area contributed by atoms with Crippen molar-refractivity contribution in [2.24, 2.45) is 11.8 Å². The molecule has 1 aliphatic carbocycles. The van der Waals surface area contributed by atoms with Gasteiger partial charge in [-0.05, 0) is 48.4 Å². The molecule has 2 N–H and O–H groups in total. The molecule has 3 aliphatic rings. The topological polar surface area (TPSA) is 91.0 Å². The van der Waals surface area contributed by atoms with Gasteiger partial charge in [-0.2, -0.15) is 0 Å². The highest BCUT2D eigenvalue weighted by molar-refractivity contribution is 5.95. The first-order chi connectivity index (χ1) is 18.0. The number of nitrogens with one attached hydrogen (secondary N) is 2. The van der Waals surface area contributed by atoms with Crippen molar-refractivity contribution < 1.29 is 23.5 Å². The van der Waals surface area contributed by atoms with E-state index in [1.54, 1.807) is 21.9 Å². The van der Waals surface area contributed by atoms with E-state index in [-0.39, 0.29) is 41.9 Å². The molecule has 2 aliphatic heterocycles. The monoisotopic (exact) mass is 508 g/mol. The average molecular weight is 509 g/mol. The number of hydrogen-bond donors (Lipinski definition) is 2. The predicted octanol–water partition coefficient (Wildman–Crippen LogP) is 3.27. The van der Waals surface area contributed by atoms with Crippen LogP contribution in [0.5, 0.6) is 0 Å². The molecular weight excluding hydrogens is 475 g/mol. The lowest BCUT2D eigenvalue weighted by atomic mass is 9.72. The van der Waals surface area contributed by atoms with E-state index < -0.39 is 11.9 Å². The number of fused-ring (bicyclic) bond motifs is 1. The van der Waals surface area contributed by atoms with Crippen LogP contribution >= 0.6 is 0 Å². The SMILES string of the molecule is O=C1NNC(Cc2ccc(F)c(C(=O)N3CCN(C(=O)OCc4ccccc4)CC3)c2)C2CCCCC12.